The minimum absolute atomic E-state index is 0.114. The molecule has 0 saturated heterocycles. The number of rotatable bonds is 7. The second-order valence-corrected chi connectivity index (χ2v) is 5.46. The quantitative estimate of drug-likeness (QED) is 0.736. The molecule has 2 aromatic rings. The minimum Gasteiger partial charge on any atom is -0.387 e. The van der Waals surface area contributed by atoms with E-state index in [-0.39, 0.29) is 30.5 Å². The van der Waals surface area contributed by atoms with Crippen LogP contribution in [-0.4, -0.2) is 23.6 Å². The smallest absolute Gasteiger partial charge is 0.225 e. The van der Waals surface area contributed by atoms with Crippen LogP contribution in [0.1, 0.15) is 25.0 Å². The van der Waals surface area contributed by atoms with Gasteiger partial charge in [0.2, 0.25) is 5.91 Å². The number of benzene rings is 2. The third-order valence-corrected chi connectivity index (χ3v) is 3.47. The van der Waals surface area contributed by atoms with Crippen LogP contribution in [0.15, 0.2) is 54.6 Å². The van der Waals surface area contributed by atoms with Gasteiger partial charge >= 0.3 is 0 Å². The maximum Gasteiger partial charge on any atom is 0.225 e. The average Bonchev–Trinajstić information content (AvgIpc) is 2.54. The molecule has 122 valence electrons. The van der Waals surface area contributed by atoms with Crippen molar-refractivity contribution < 1.29 is 14.3 Å². The van der Waals surface area contributed by atoms with Gasteiger partial charge in [-0.1, -0.05) is 36.4 Å². The Kier molecular flexibility index (Phi) is 6.26. The SMILES string of the molecule is CC(CC(=O)Nc1ccccc1)NCC(O)c1ccccc1F. The van der Waals surface area contributed by atoms with Crippen LogP contribution in [0.2, 0.25) is 0 Å². The van der Waals surface area contributed by atoms with Gasteiger partial charge in [-0.2, -0.15) is 0 Å². The van der Waals surface area contributed by atoms with E-state index in [1.54, 1.807) is 18.2 Å². The maximum absolute atomic E-state index is 13.6. The minimum atomic E-state index is -0.948. The van der Waals surface area contributed by atoms with Crippen LogP contribution in [0.4, 0.5) is 10.1 Å². The molecule has 23 heavy (non-hydrogen) atoms. The summed E-state index contributed by atoms with van der Waals surface area (Å²) in [6, 6.07) is 15.2. The van der Waals surface area contributed by atoms with E-state index >= 15 is 0 Å². The zero-order valence-electron chi connectivity index (χ0n) is 13.0. The molecule has 0 bridgehead atoms. The first-order valence-electron chi connectivity index (χ1n) is 7.57. The number of aliphatic hydroxyl groups excluding tert-OH is 1. The van der Waals surface area contributed by atoms with E-state index in [2.05, 4.69) is 10.6 Å². The van der Waals surface area contributed by atoms with E-state index in [4.69, 9.17) is 0 Å². The zero-order chi connectivity index (χ0) is 16.7. The number of amides is 1. The number of aliphatic hydroxyl groups is 1. The molecular weight excluding hydrogens is 295 g/mol. The molecular formula is C18H21FN2O2. The molecule has 0 fully saturated rings. The maximum atomic E-state index is 13.6. The van der Waals surface area contributed by atoms with E-state index in [9.17, 15) is 14.3 Å². The van der Waals surface area contributed by atoms with E-state index < -0.39 is 11.9 Å². The van der Waals surface area contributed by atoms with Crippen molar-refractivity contribution in [3.05, 3.63) is 66.0 Å². The number of halogens is 1. The van der Waals surface area contributed by atoms with Gasteiger partial charge in [-0.05, 0) is 25.1 Å². The Bertz CT molecular complexity index is 634. The summed E-state index contributed by atoms with van der Waals surface area (Å²) in [6.07, 6.45) is -0.686. The van der Waals surface area contributed by atoms with Crippen LogP contribution in [0.25, 0.3) is 0 Å². The van der Waals surface area contributed by atoms with Gasteiger partial charge in [0.1, 0.15) is 5.82 Å². The number of hydrogen-bond acceptors (Lipinski definition) is 3. The summed E-state index contributed by atoms with van der Waals surface area (Å²) < 4.78 is 13.6. The molecule has 0 saturated carbocycles. The topological polar surface area (TPSA) is 61.4 Å². The standard InChI is InChI=1S/C18H21FN2O2/c1-13(11-18(23)21-14-7-3-2-4-8-14)20-12-17(22)15-9-5-6-10-16(15)19/h2-10,13,17,20,22H,11-12H2,1H3,(H,21,23). The molecule has 2 unspecified atom stereocenters. The summed E-state index contributed by atoms with van der Waals surface area (Å²) in [5, 5.41) is 15.9. The van der Waals surface area contributed by atoms with Crippen molar-refractivity contribution in [1.29, 1.82) is 0 Å². The van der Waals surface area contributed by atoms with Crippen LogP contribution >= 0.6 is 0 Å². The Labute approximate surface area is 135 Å². The molecule has 0 aromatic heterocycles. The Balaban J connectivity index is 1.77. The number of anilines is 1. The van der Waals surface area contributed by atoms with Gasteiger partial charge in [0.25, 0.3) is 0 Å². The number of carbonyl (C=O) groups is 1. The summed E-state index contributed by atoms with van der Waals surface area (Å²) in [5.74, 6) is -0.548. The molecule has 0 aliphatic rings. The molecule has 4 nitrogen and oxygen atoms in total. The van der Waals surface area contributed by atoms with Crippen LogP contribution < -0.4 is 10.6 Å². The largest absolute Gasteiger partial charge is 0.387 e. The molecule has 3 N–H and O–H groups in total. The lowest BCUT2D eigenvalue weighted by Crippen LogP contribution is -2.33. The van der Waals surface area contributed by atoms with Crippen molar-refractivity contribution in [3.63, 3.8) is 0 Å². The third kappa shape index (κ3) is 5.47. The summed E-state index contributed by atoms with van der Waals surface area (Å²) >= 11 is 0. The van der Waals surface area contributed by atoms with Crippen LogP contribution in [-0.2, 0) is 4.79 Å². The van der Waals surface area contributed by atoms with Crippen molar-refractivity contribution in [2.75, 3.05) is 11.9 Å². The summed E-state index contributed by atoms with van der Waals surface area (Å²) in [7, 11) is 0. The highest BCUT2D eigenvalue weighted by Gasteiger charge is 2.14. The Morgan fingerprint density at radius 3 is 2.48 bits per heavy atom. The highest BCUT2D eigenvalue weighted by Crippen LogP contribution is 2.16. The van der Waals surface area contributed by atoms with Crippen molar-refractivity contribution in [1.82, 2.24) is 5.32 Å². The lowest BCUT2D eigenvalue weighted by molar-refractivity contribution is -0.116. The molecule has 2 atom stereocenters. The van der Waals surface area contributed by atoms with Crippen molar-refractivity contribution >= 4 is 11.6 Å². The molecule has 5 heteroatoms. The van der Waals surface area contributed by atoms with Crippen LogP contribution in [0.5, 0.6) is 0 Å². The van der Waals surface area contributed by atoms with E-state index in [1.807, 2.05) is 37.3 Å². The Morgan fingerprint density at radius 1 is 1.13 bits per heavy atom. The molecule has 0 radical (unpaired) electrons. The highest BCUT2D eigenvalue weighted by molar-refractivity contribution is 5.90. The monoisotopic (exact) mass is 316 g/mol. The molecule has 0 aliphatic carbocycles. The fraction of sp³-hybridized carbons (Fsp3) is 0.278. The van der Waals surface area contributed by atoms with Crippen molar-refractivity contribution in [2.45, 2.75) is 25.5 Å². The van der Waals surface area contributed by atoms with Gasteiger partial charge < -0.3 is 15.7 Å². The Morgan fingerprint density at radius 2 is 1.78 bits per heavy atom. The fourth-order valence-corrected chi connectivity index (χ4v) is 2.25. The summed E-state index contributed by atoms with van der Waals surface area (Å²) in [6.45, 7) is 2.03. The molecule has 0 spiro atoms. The van der Waals surface area contributed by atoms with Gasteiger partial charge in [-0.15, -0.1) is 0 Å². The fourth-order valence-electron chi connectivity index (χ4n) is 2.25. The number of nitrogens with one attached hydrogen (secondary N) is 2. The highest BCUT2D eigenvalue weighted by atomic mass is 19.1. The van der Waals surface area contributed by atoms with Gasteiger partial charge in [-0.25, -0.2) is 4.39 Å². The Hall–Kier alpha value is -2.24. The van der Waals surface area contributed by atoms with Crippen LogP contribution in [0, 0.1) is 5.82 Å². The number of hydrogen-bond donors (Lipinski definition) is 3. The molecule has 0 heterocycles. The molecule has 2 aromatic carbocycles. The van der Waals surface area contributed by atoms with Gasteiger partial charge in [-0.3, -0.25) is 4.79 Å². The molecule has 0 aliphatic heterocycles. The average molecular weight is 316 g/mol. The third-order valence-electron chi connectivity index (χ3n) is 3.47. The predicted molar refractivity (Wildman–Crippen MR) is 88.5 cm³/mol. The van der Waals surface area contributed by atoms with Gasteiger partial charge in [0, 0.05) is 30.3 Å². The normalized spacial score (nSPS) is 13.3. The van der Waals surface area contributed by atoms with E-state index in [0.29, 0.717) is 0 Å². The number of carbonyl (C=O) groups excluding carboxylic acids is 1. The van der Waals surface area contributed by atoms with Crippen LogP contribution in [0.3, 0.4) is 0 Å². The summed E-state index contributed by atoms with van der Waals surface area (Å²) in [4.78, 5) is 11.9. The summed E-state index contributed by atoms with van der Waals surface area (Å²) in [5.41, 5.74) is 0.997. The van der Waals surface area contributed by atoms with Gasteiger partial charge in [0.15, 0.2) is 0 Å². The first-order chi connectivity index (χ1) is 11.1. The van der Waals surface area contributed by atoms with Crippen molar-refractivity contribution in [2.24, 2.45) is 0 Å². The molecule has 1 amide bonds. The predicted octanol–water partition coefficient (Wildman–Crippen LogP) is 2.87. The van der Waals surface area contributed by atoms with E-state index in [1.165, 1.54) is 6.07 Å². The zero-order valence-corrected chi connectivity index (χ0v) is 13.0. The first kappa shape index (κ1) is 17.1. The lowest BCUT2D eigenvalue weighted by atomic mass is 10.1. The first-order valence-corrected chi connectivity index (χ1v) is 7.57. The number of para-hydroxylation sites is 1. The lowest BCUT2D eigenvalue weighted by Gasteiger charge is -2.17. The second kappa shape index (κ2) is 8.41. The second-order valence-electron chi connectivity index (χ2n) is 5.46. The van der Waals surface area contributed by atoms with E-state index in [0.717, 1.165) is 5.69 Å². The van der Waals surface area contributed by atoms with Crippen molar-refractivity contribution in [3.8, 4) is 0 Å². The van der Waals surface area contributed by atoms with Gasteiger partial charge in [0.05, 0.1) is 6.10 Å². The molecule has 2 rings (SSSR count).